The van der Waals surface area contributed by atoms with E-state index in [2.05, 4.69) is 79.8 Å². The van der Waals surface area contributed by atoms with E-state index in [9.17, 15) is 34.2 Å². The largest absolute Gasteiger partial charge is 0.493 e. The van der Waals surface area contributed by atoms with Crippen molar-refractivity contribution < 1.29 is 72.9 Å². The summed E-state index contributed by atoms with van der Waals surface area (Å²) in [5.74, 6) is -0.910. The van der Waals surface area contributed by atoms with Gasteiger partial charge >= 0.3 is 23.9 Å². The fraction of sp³-hybridized carbons (Fsp3) is 0.582. The highest BCUT2D eigenvalue weighted by atomic mass is 127. The number of nitrogens with zero attached hydrogens (tertiary/aromatic N) is 8. The van der Waals surface area contributed by atoms with Crippen molar-refractivity contribution in [3.8, 4) is 22.6 Å². The molecule has 0 radical (unpaired) electrons. The number of piperazine rings is 1. The monoisotopic (exact) mass is 1390 g/mol. The van der Waals surface area contributed by atoms with Crippen LogP contribution in [-0.2, 0) is 54.5 Å². The Labute approximate surface area is 499 Å². The number of rotatable bonds is 22. The summed E-state index contributed by atoms with van der Waals surface area (Å²) in [6, 6.07) is 19.2. The number of aliphatic carboxylic acids is 1. The molecule has 0 saturated carbocycles. The molecule has 5 saturated heterocycles. The number of carbonyl (C=O) groups excluding carboxylic acids is 4. The molecule has 2 N–H and O–H groups in total. The Morgan fingerprint density at radius 1 is 0.835 bits per heavy atom. The van der Waals surface area contributed by atoms with Gasteiger partial charge in [-0.15, -0.1) is 9.18 Å². The number of hydrogen-bond acceptors (Lipinski definition) is 16. The predicted molar refractivity (Wildman–Crippen MR) is 310 cm³/mol. The van der Waals surface area contributed by atoms with Gasteiger partial charge < -0.3 is 37.1 Å². The van der Waals surface area contributed by atoms with Crippen LogP contribution in [0.25, 0.3) is 11.1 Å². The summed E-state index contributed by atoms with van der Waals surface area (Å²) in [6.45, 7) is 10.8. The number of ether oxygens (including phenoxy) is 4. The topological polar surface area (TPSA) is 197 Å². The Hall–Kier alpha value is -3.81. The lowest BCUT2D eigenvalue weighted by molar-refractivity contribution is -1.23. The van der Waals surface area contributed by atoms with Crippen LogP contribution in [0.1, 0.15) is 55.2 Å². The van der Waals surface area contributed by atoms with Crippen LogP contribution in [0.5, 0.6) is 11.5 Å². The van der Waals surface area contributed by atoms with Gasteiger partial charge in [-0.3, -0.25) is 31.8 Å². The Balaban J connectivity index is 0.890. The molecule has 0 aliphatic carbocycles. The predicted octanol–water partition coefficient (Wildman–Crippen LogP) is 5.27. The maximum absolute atomic E-state index is 14.2. The number of carboxylic acids is 1. The lowest BCUT2D eigenvalue weighted by Gasteiger charge is -2.39. The third-order valence-corrected chi connectivity index (χ3v) is 19.0. The van der Waals surface area contributed by atoms with E-state index in [-0.39, 0.29) is 50.3 Å². The van der Waals surface area contributed by atoms with Gasteiger partial charge in [-0.2, -0.15) is 0 Å². The number of carboxylic acid groups (broad SMARTS) is 1. The Kier molecular flexibility index (Phi) is 21.7. The molecule has 5 fully saturated rings. The third-order valence-electron chi connectivity index (χ3n) is 16.5. The number of halogens is 3. The lowest BCUT2D eigenvalue weighted by atomic mass is 9.97. The molecule has 24 heteroatoms. The molecule has 5 aliphatic rings. The summed E-state index contributed by atoms with van der Waals surface area (Å²) in [5.41, 5.74) is 5.37. The number of benzene rings is 3. The van der Waals surface area contributed by atoms with Crippen molar-refractivity contribution in [2.75, 3.05) is 132 Å². The maximum Gasteiger partial charge on any atom is 0.395 e. The average molecular weight is 1390 g/mol. The molecule has 8 rings (SSSR count). The number of amides is 1. The molecule has 2 bridgehead atoms. The quantitative estimate of drug-likeness (QED) is 0.0329. The fourth-order valence-electron chi connectivity index (χ4n) is 11.9. The second-order valence-electron chi connectivity index (χ2n) is 21.4. The SMILES string of the molecule is COC(=O)C[N+]12CC[N+](I)(CC(=O)OI)CCN(CC(O)OC)CC[N+]3(CC1)C(CCC(=O)N1CCN(CCCOc4cc(OCc5cccc(-c6ccccc6)c5C)c(Br)cc4CN4CCCC[C@H]4C(=O)O)CC1)C(=O)ON23. The molecule has 3 aromatic rings. The normalized spacial score (nSPS) is 25.7. The molecule has 5 heterocycles. The summed E-state index contributed by atoms with van der Waals surface area (Å²) in [7, 11) is 2.77. The first-order valence-corrected chi connectivity index (χ1v) is 29.9. The van der Waals surface area contributed by atoms with E-state index in [1.807, 2.05) is 46.2 Å². The molecular formula is C55H76BrI2N8O13+3. The number of carbonyl (C=O) groups is 5. The number of hydrogen-bond donors (Lipinski definition) is 2. The molecule has 21 nitrogen and oxygen atoms in total. The Morgan fingerprint density at radius 2 is 1.59 bits per heavy atom. The standard InChI is InChI=1S/C55H75BrI2N8O13/c1-40-42(13-9-14-44(40)41-11-5-4-6-12-41)39-77-49-34-48(43(33-45(49)56)35-62-19-8-7-15-46(62)54(71)72)76-32-10-18-59-20-22-61(23-21-59)50(67)17-16-47-55(73)79-63-65(38-52(69)75-3)29-28-64(57,37-53(70)78-58)26-24-60(36-51(68)74-2)25-27-66(47,63)31-30-65/h4-6,9,11-14,33-34,46-47,51,68H,7-8,10,15-32,35-39H2,1-3H3/q+2/p+1/t46-,47?,51?,64?,65?,66?/m0/s1. The van der Waals surface area contributed by atoms with Gasteiger partial charge in [0.1, 0.15) is 37.2 Å². The first-order valence-electron chi connectivity index (χ1n) is 27.3. The van der Waals surface area contributed by atoms with Gasteiger partial charge in [0, 0.05) is 83.9 Å². The van der Waals surface area contributed by atoms with Gasteiger partial charge in [0.25, 0.3) is 0 Å². The van der Waals surface area contributed by atoms with Crippen molar-refractivity contribution >= 4 is 91.6 Å². The number of β-amino-alcohol motifs (C(OH)–C–C–N with tert-alkyl or cyclic N) is 1. The molecule has 5 unspecified atom stereocenters. The minimum absolute atomic E-state index is 0.0184. The van der Waals surface area contributed by atoms with Gasteiger partial charge in [-0.1, -0.05) is 55.0 Å². The second-order valence-corrected chi connectivity index (χ2v) is 24.7. The van der Waals surface area contributed by atoms with Gasteiger partial charge in [0.05, 0.1) is 31.3 Å². The van der Waals surface area contributed by atoms with Crippen molar-refractivity contribution in [1.82, 2.24) is 24.9 Å². The van der Waals surface area contributed by atoms with Gasteiger partial charge in [-0.25, -0.2) is 14.4 Å². The van der Waals surface area contributed by atoms with E-state index in [0.717, 1.165) is 51.7 Å². The number of methoxy groups -OCH3 is 2. The molecule has 432 valence electrons. The number of likely N-dealkylation sites (tertiary alicyclic amines) is 1. The molecule has 0 aromatic heterocycles. The summed E-state index contributed by atoms with van der Waals surface area (Å²) in [5, 5.41) is 22.4. The van der Waals surface area contributed by atoms with Crippen molar-refractivity contribution in [2.45, 2.75) is 77.0 Å². The molecule has 5 aliphatic heterocycles. The minimum Gasteiger partial charge on any atom is -0.493 e. The van der Waals surface area contributed by atoms with E-state index in [1.165, 1.54) is 14.2 Å². The van der Waals surface area contributed by atoms with Crippen LogP contribution >= 0.6 is 61.8 Å². The van der Waals surface area contributed by atoms with Crippen LogP contribution < -0.4 is 9.47 Å². The van der Waals surface area contributed by atoms with Crippen LogP contribution in [0.15, 0.2) is 65.1 Å². The maximum atomic E-state index is 14.2. The highest BCUT2D eigenvalue weighted by Gasteiger charge is 2.71. The van der Waals surface area contributed by atoms with Crippen molar-refractivity contribution in [3.05, 3.63) is 81.8 Å². The van der Waals surface area contributed by atoms with Gasteiger partial charge in [0.2, 0.25) is 46.6 Å². The van der Waals surface area contributed by atoms with E-state index in [1.54, 1.807) is 28.3 Å². The highest BCUT2D eigenvalue weighted by molar-refractivity contribution is 14.1. The number of piperidine rings is 1. The Bertz CT molecular complexity index is 2620. The number of esters is 1. The lowest BCUT2D eigenvalue weighted by Crippen LogP contribution is -2.68. The van der Waals surface area contributed by atoms with Crippen LogP contribution in [0.2, 0.25) is 0 Å². The van der Waals surface area contributed by atoms with Crippen molar-refractivity contribution in [2.24, 2.45) is 0 Å². The summed E-state index contributed by atoms with van der Waals surface area (Å²) in [6.07, 6.45) is 2.42. The average Bonchev–Trinajstić information content (AvgIpc) is 3.19. The fourth-order valence-corrected chi connectivity index (χ4v) is 13.2. The first kappa shape index (κ1) is 61.3. The van der Waals surface area contributed by atoms with E-state index < -0.39 is 42.3 Å². The molecular weight excluding hydrogens is 1310 g/mol. The highest BCUT2D eigenvalue weighted by Crippen LogP contribution is 2.42. The Morgan fingerprint density at radius 3 is 2.33 bits per heavy atom. The molecule has 3 aromatic carbocycles. The van der Waals surface area contributed by atoms with E-state index in [4.69, 9.17) is 26.9 Å². The zero-order valence-electron chi connectivity index (χ0n) is 45.5. The smallest absolute Gasteiger partial charge is 0.395 e. The van der Waals surface area contributed by atoms with E-state index in [0.29, 0.717) is 129 Å². The van der Waals surface area contributed by atoms with Crippen LogP contribution in [0.3, 0.4) is 0 Å². The van der Waals surface area contributed by atoms with E-state index >= 15 is 0 Å². The number of aliphatic hydroxyl groups excluding tert-OH is 1. The summed E-state index contributed by atoms with van der Waals surface area (Å²) in [4.78, 5) is 80.9. The third kappa shape index (κ3) is 15.1. The van der Waals surface area contributed by atoms with Crippen LogP contribution in [-0.4, -0.2) is 227 Å². The molecule has 0 spiro atoms. The van der Waals surface area contributed by atoms with Crippen molar-refractivity contribution in [3.63, 3.8) is 0 Å². The summed E-state index contributed by atoms with van der Waals surface area (Å²) >= 11 is 7.61. The van der Waals surface area contributed by atoms with Crippen LogP contribution in [0, 0.1) is 6.92 Å². The van der Waals surface area contributed by atoms with Gasteiger partial charge in [-0.05, 0) is 77.0 Å². The zero-order valence-corrected chi connectivity index (χ0v) is 51.4. The number of quaternary nitrogens is 3. The molecule has 1 amide bonds. The minimum atomic E-state index is -1.07. The second kappa shape index (κ2) is 28.0. The molecule has 6 atom stereocenters. The zero-order chi connectivity index (χ0) is 56.3. The van der Waals surface area contributed by atoms with Gasteiger partial charge in [0.15, 0.2) is 55.5 Å². The summed E-state index contributed by atoms with van der Waals surface area (Å²) < 4.78 is 29.6. The molecule has 79 heavy (non-hydrogen) atoms. The van der Waals surface area contributed by atoms with Crippen LogP contribution in [0.4, 0.5) is 0 Å². The number of aliphatic hydroxyl groups is 1. The van der Waals surface area contributed by atoms with Crippen molar-refractivity contribution in [1.29, 1.82) is 0 Å². The first-order chi connectivity index (χ1) is 38.0.